The van der Waals surface area contributed by atoms with Crippen molar-refractivity contribution in [3.05, 3.63) is 83.9 Å². The summed E-state index contributed by atoms with van der Waals surface area (Å²) in [5, 5.41) is 11.8. The fraction of sp³-hybridized carbons (Fsp3) is 0.0556. The van der Waals surface area contributed by atoms with Gasteiger partial charge in [-0.2, -0.15) is 0 Å². The Morgan fingerprint density at radius 3 is 2.54 bits per heavy atom. The molecule has 0 saturated heterocycles. The quantitative estimate of drug-likeness (QED) is 0.756. The molecule has 0 aliphatic heterocycles. The highest BCUT2D eigenvalue weighted by Crippen LogP contribution is 2.10. The van der Waals surface area contributed by atoms with Crippen molar-refractivity contribution >= 4 is 11.9 Å². The molecule has 0 unspecified atom stereocenters. The molecule has 2 aromatic carbocycles. The molecule has 0 radical (unpaired) electrons. The van der Waals surface area contributed by atoms with Crippen LogP contribution in [0.1, 0.15) is 26.3 Å². The zero-order valence-electron chi connectivity index (χ0n) is 12.7. The summed E-state index contributed by atoms with van der Waals surface area (Å²) in [6.07, 6.45) is 5.20. The number of nitrogens with zero attached hydrogens (tertiary/aromatic N) is 2. The summed E-state index contributed by atoms with van der Waals surface area (Å²) >= 11 is 0. The van der Waals surface area contributed by atoms with Crippen molar-refractivity contribution in [2.24, 2.45) is 0 Å². The lowest BCUT2D eigenvalue weighted by molar-refractivity contribution is 0.0696. The number of rotatable bonds is 5. The predicted octanol–water partition coefficient (Wildman–Crippen LogP) is 2.50. The fourth-order valence-electron chi connectivity index (χ4n) is 2.30. The summed E-state index contributed by atoms with van der Waals surface area (Å²) < 4.78 is 1.85. The third-order valence-electron chi connectivity index (χ3n) is 3.56. The first-order chi connectivity index (χ1) is 11.6. The molecule has 0 saturated carbocycles. The van der Waals surface area contributed by atoms with Gasteiger partial charge in [0, 0.05) is 30.2 Å². The van der Waals surface area contributed by atoms with Crippen molar-refractivity contribution in [1.82, 2.24) is 14.9 Å². The van der Waals surface area contributed by atoms with Crippen molar-refractivity contribution < 1.29 is 14.7 Å². The van der Waals surface area contributed by atoms with Gasteiger partial charge in [-0.3, -0.25) is 4.79 Å². The van der Waals surface area contributed by atoms with E-state index < -0.39 is 5.97 Å². The molecule has 0 fully saturated rings. The smallest absolute Gasteiger partial charge is 0.335 e. The van der Waals surface area contributed by atoms with Crippen LogP contribution in [0.2, 0.25) is 0 Å². The summed E-state index contributed by atoms with van der Waals surface area (Å²) in [6.45, 7) is 0.267. The molecule has 1 heterocycles. The summed E-state index contributed by atoms with van der Waals surface area (Å²) in [5.74, 6) is -1.20. The molecule has 2 N–H and O–H groups in total. The minimum absolute atomic E-state index is 0.200. The molecule has 6 heteroatoms. The third kappa shape index (κ3) is 3.49. The van der Waals surface area contributed by atoms with E-state index in [-0.39, 0.29) is 18.0 Å². The van der Waals surface area contributed by atoms with E-state index in [0.29, 0.717) is 5.56 Å². The van der Waals surface area contributed by atoms with Gasteiger partial charge >= 0.3 is 5.97 Å². The van der Waals surface area contributed by atoms with Gasteiger partial charge in [0.2, 0.25) is 0 Å². The van der Waals surface area contributed by atoms with E-state index in [9.17, 15) is 9.59 Å². The van der Waals surface area contributed by atoms with Crippen LogP contribution in [0.3, 0.4) is 0 Å². The number of aromatic carboxylic acids is 1. The number of hydrogen-bond acceptors (Lipinski definition) is 3. The van der Waals surface area contributed by atoms with E-state index in [4.69, 9.17) is 5.11 Å². The highest BCUT2D eigenvalue weighted by Gasteiger charge is 2.07. The van der Waals surface area contributed by atoms with Crippen LogP contribution >= 0.6 is 0 Å². The van der Waals surface area contributed by atoms with Crippen LogP contribution in [-0.4, -0.2) is 26.5 Å². The number of benzene rings is 2. The minimum Gasteiger partial charge on any atom is -0.478 e. The predicted molar refractivity (Wildman–Crippen MR) is 88.1 cm³/mol. The average Bonchev–Trinajstić information content (AvgIpc) is 3.14. The van der Waals surface area contributed by atoms with E-state index in [1.165, 1.54) is 6.07 Å². The zero-order valence-corrected chi connectivity index (χ0v) is 12.7. The Bertz CT molecular complexity index is 855. The van der Waals surface area contributed by atoms with E-state index in [1.807, 2.05) is 22.9 Å². The third-order valence-corrected chi connectivity index (χ3v) is 3.56. The molecule has 0 bridgehead atoms. The van der Waals surface area contributed by atoms with Crippen molar-refractivity contribution in [2.45, 2.75) is 6.54 Å². The monoisotopic (exact) mass is 321 g/mol. The van der Waals surface area contributed by atoms with Crippen LogP contribution in [0, 0.1) is 0 Å². The number of carboxylic acid groups (broad SMARTS) is 1. The SMILES string of the molecule is O=C(O)c1cccc(CNC(=O)c2ccc(-n3ccnc3)cc2)c1. The molecule has 0 aliphatic carbocycles. The average molecular weight is 321 g/mol. The maximum absolute atomic E-state index is 12.2. The standard InChI is InChI=1S/C18H15N3O3/c22-17(20-11-13-2-1-3-15(10-13)18(23)24)14-4-6-16(7-5-14)21-9-8-19-12-21/h1-10,12H,11H2,(H,20,22)(H,23,24). The van der Waals surface area contributed by atoms with Crippen LogP contribution in [0.4, 0.5) is 0 Å². The Labute approximate surface area is 138 Å². The van der Waals surface area contributed by atoms with Gasteiger partial charge in [0.1, 0.15) is 0 Å². The number of carboxylic acids is 1. The first-order valence-electron chi connectivity index (χ1n) is 7.32. The van der Waals surface area contributed by atoms with Gasteiger partial charge < -0.3 is 15.0 Å². The largest absolute Gasteiger partial charge is 0.478 e. The van der Waals surface area contributed by atoms with Gasteiger partial charge in [0.25, 0.3) is 5.91 Å². The number of carbonyl (C=O) groups is 2. The molecule has 1 aromatic heterocycles. The summed E-state index contributed by atoms with van der Waals surface area (Å²) in [7, 11) is 0. The second-order valence-electron chi connectivity index (χ2n) is 5.21. The Hall–Kier alpha value is -3.41. The van der Waals surface area contributed by atoms with Gasteiger partial charge in [-0.1, -0.05) is 12.1 Å². The van der Waals surface area contributed by atoms with Crippen molar-refractivity contribution in [2.75, 3.05) is 0 Å². The number of imidazole rings is 1. The second-order valence-corrected chi connectivity index (χ2v) is 5.21. The molecule has 3 aromatic rings. The Balaban J connectivity index is 1.65. The first kappa shape index (κ1) is 15.5. The maximum Gasteiger partial charge on any atom is 0.335 e. The lowest BCUT2D eigenvalue weighted by Crippen LogP contribution is -2.22. The molecule has 0 spiro atoms. The normalized spacial score (nSPS) is 10.3. The highest BCUT2D eigenvalue weighted by molar-refractivity contribution is 5.94. The van der Waals surface area contributed by atoms with Gasteiger partial charge in [-0.25, -0.2) is 9.78 Å². The van der Waals surface area contributed by atoms with Crippen molar-refractivity contribution in [3.63, 3.8) is 0 Å². The van der Waals surface area contributed by atoms with Crippen LogP contribution in [0.15, 0.2) is 67.3 Å². The summed E-state index contributed by atoms with van der Waals surface area (Å²) in [6, 6.07) is 13.6. The van der Waals surface area contributed by atoms with Crippen LogP contribution in [-0.2, 0) is 6.54 Å². The number of aromatic nitrogens is 2. The van der Waals surface area contributed by atoms with Gasteiger partial charge in [-0.05, 0) is 42.0 Å². The maximum atomic E-state index is 12.2. The summed E-state index contributed by atoms with van der Waals surface area (Å²) in [4.78, 5) is 27.1. The highest BCUT2D eigenvalue weighted by atomic mass is 16.4. The van der Waals surface area contributed by atoms with Crippen LogP contribution in [0.5, 0.6) is 0 Å². The number of hydrogen-bond donors (Lipinski definition) is 2. The molecule has 3 rings (SSSR count). The molecule has 0 aliphatic rings. The number of amides is 1. The Kier molecular flexibility index (Phi) is 4.38. The molecular formula is C18H15N3O3. The Morgan fingerprint density at radius 1 is 1.08 bits per heavy atom. The van der Waals surface area contributed by atoms with Crippen molar-refractivity contribution in [1.29, 1.82) is 0 Å². The Morgan fingerprint density at radius 2 is 1.88 bits per heavy atom. The fourth-order valence-corrected chi connectivity index (χ4v) is 2.30. The van der Waals surface area contributed by atoms with Gasteiger partial charge in [0.15, 0.2) is 0 Å². The van der Waals surface area contributed by atoms with Crippen LogP contribution < -0.4 is 5.32 Å². The lowest BCUT2D eigenvalue weighted by atomic mass is 10.1. The zero-order chi connectivity index (χ0) is 16.9. The molecule has 0 atom stereocenters. The number of nitrogens with one attached hydrogen (secondary N) is 1. The molecule has 6 nitrogen and oxygen atoms in total. The summed E-state index contributed by atoms with van der Waals surface area (Å²) in [5.41, 5.74) is 2.39. The number of carbonyl (C=O) groups excluding carboxylic acids is 1. The van der Waals surface area contributed by atoms with E-state index in [2.05, 4.69) is 10.3 Å². The molecule has 1 amide bonds. The van der Waals surface area contributed by atoms with Gasteiger partial charge in [-0.15, -0.1) is 0 Å². The molecule has 120 valence electrons. The molecule has 24 heavy (non-hydrogen) atoms. The lowest BCUT2D eigenvalue weighted by Gasteiger charge is -2.07. The first-order valence-corrected chi connectivity index (χ1v) is 7.32. The van der Waals surface area contributed by atoms with E-state index in [1.54, 1.807) is 42.9 Å². The minimum atomic E-state index is -0.988. The van der Waals surface area contributed by atoms with E-state index in [0.717, 1.165) is 11.3 Å². The van der Waals surface area contributed by atoms with Crippen molar-refractivity contribution in [3.8, 4) is 5.69 Å². The second kappa shape index (κ2) is 6.78. The molecular weight excluding hydrogens is 306 g/mol. The van der Waals surface area contributed by atoms with E-state index >= 15 is 0 Å². The van der Waals surface area contributed by atoms with Gasteiger partial charge in [0.05, 0.1) is 11.9 Å². The van der Waals surface area contributed by atoms with Crippen LogP contribution in [0.25, 0.3) is 5.69 Å². The topological polar surface area (TPSA) is 84.2 Å².